The molecule has 1 N–H and O–H groups in total. The largest absolute Gasteiger partial charge is 0.316 e. The first-order chi connectivity index (χ1) is 9.88. The van der Waals surface area contributed by atoms with Crippen molar-refractivity contribution < 1.29 is 14.1 Å². The molecule has 2 aromatic rings. The molecule has 0 fully saturated rings. The summed E-state index contributed by atoms with van der Waals surface area (Å²) in [7, 11) is 0. The molecule has 0 bridgehead atoms. The number of nitro benzene ring substituents is 1. The van der Waals surface area contributed by atoms with E-state index in [0.717, 1.165) is 6.07 Å². The lowest BCUT2D eigenvalue weighted by atomic mass is 10.2. The van der Waals surface area contributed by atoms with Gasteiger partial charge in [-0.3, -0.25) is 14.9 Å². The number of hydrogen-bond acceptors (Lipinski definition) is 3. The quantitative estimate of drug-likeness (QED) is 0.640. The number of nitrogens with one attached hydrogen (secondary N) is 1. The van der Waals surface area contributed by atoms with Crippen molar-refractivity contribution in [1.82, 2.24) is 0 Å². The van der Waals surface area contributed by atoms with Crippen LogP contribution in [-0.4, -0.2) is 10.8 Å². The van der Waals surface area contributed by atoms with E-state index in [1.807, 2.05) is 0 Å². The number of carbonyl (C=O) groups is 1. The second kappa shape index (κ2) is 6.19. The third kappa shape index (κ3) is 3.56. The van der Waals surface area contributed by atoms with Crippen LogP contribution in [0.2, 0.25) is 5.02 Å². The van der Waals surface area contributed by atoms with Gasteiger partial charge >= 0.3 is 0 Å². The number of nitro groups is 1. The van der Waals surface area contributed by atoms with Crippen LogP contribution in [0.1, 0.15) is 10.4 Å². The number of anilines is 1. The number of halogens is 3. The van der Waals surface area contributed by atoms with Gasteiger partial charge in [-0.1, -0.05) is 11.6 Å². The summed E-state index contributed by atoms with van der Waals surface area (Å²) < 4.78 is 13.6. The molecule has 0 radical (unpaired) electrons. The summed E-state index contributed by atoms with van der Waals surface area (Å²) in [4.78, 5) is 22.4. The van der Waals surface area contributed by atoms with Gasteiger partial charge in [0.1, 0.15) is 11.5 Å². The van der Waals surface area contributed by atoms with Crippen LogP contribution >= 0.6 is 27.5 Å². The van der Waals surface area contributed by atoms with Crippen LogP contribution in [0.4, 0.5) is 15.8 Å². The van der Waals surface area contributed by atoms with E-state index in [9.17, 15) is 19.3 Å². The Labute approximate surface area is 132 Å². The minimum Gasteiger partial charge on any atom is -0.316 e. The minimum absolute atomic E-state index is 0.0178. The molecule has 0 spiro atoms. The van der Waals surface area contributed by atoms with Gasteiger partial charge in [0.2, 0.25) is 0 Å². The molecule has 1 amide bonds. The predicted octanol–water partition coefficient (Wildman–Crippen LogP) is 4.40. The number of rotatable bonds is 3. The molecule has 0 heterocycles. The Hall–Kier alpha value is -1.99. The van der Waals surface area contributed by atoms with E-state index >= 15 is 0 Å². The minimum atomic E-state index is -0.688. The van der Waals surface area contributed by atoms with E-state index in [2.05, 4.69) is 21.2 Å². The molecule has 0 aliphatic carbocycles. The summed E-state index contributed by atoms with van der Waals surface area (Å²) in [5.74, 6) is -1.28. The lowest BCUT2D eigenvalue weighted by molar-refractivity contribution is -0.383. The van der Waals surface area contributed by atoms with E-state index < -0.39 is 16.6 Å². The Morgan fingerprint density at radius 2 is 2.00 bits per heavy atom. The van der Waals surface area contributed by atoms with Gasteiger partial charge in [-0.2, -0.15) is 0 Å². The van der Waals surface area contributed by atoms with Gasteiger partial charge in [-0.15, -0.1) is 0 Å². The SMILES string of the molecule is O=C(Nc1cc(Cl)ccc1[N+](=O)[O-])c1cc(F)ccc1Br. The Bertz CT molecular complexity index is 739. The molecule has 21 heavy (non-hydrogen) atoms. The number of carbonyl (C=O) groups excluding carboxylic acids is 1. The standard InChI is InChI=1S/C13H7BrClFN2O3/c14-10-3-2-8(16)6-9(10)13(19)17-11-5-7(15)1-4-12(11)18(20)21/h1-6H,(H,17,19). The molecule has 0 saturated carbocycles. The first-order valence-electron chi connectivity index (χ1n) is 5.59. The zero-order valence-corrected chi connectivity index (χ0v) is 12.6. The van der Waals surface area contributed by atoms with Crippen LogP contribution in [-0.2, 0) is 0 Å². The second-order valence-electron chi connectivity index (χ2n) is 4.00. The highest BCUT2D eigenvalue weighted by Crippen LogP contribution is 2.29. The number of amides is 1. The molecule has 2 rings (SSSR count). The van der Waals surface area contributed by atoms with Crippen molar-refractivity contribution in [2.24, 2.45) is 0 Å². The van der Waals surface area contributed by atoms with Crippen LogP contribution < -0.4 is 5.32 Å². The van der Waals surface area contributed by atoms with Crippen molar-refractivity contribution in [3.63, 3.8) is 0 Å². The van der Waals surface area contributed by atoms with Crippen LogP contribution in [0.5, 0.6) is 0 Å². The first-order valence-corrected chi connectivity index (χ1v) is 6.76. The third-order valence-electron chi connectivity index (χ3n) is 2.58. The molecule has 2 aromatic carbocycles. The number of nitrogens with zero attached hydrogens (tertiary/aromatic N) is 1. The van der Waals surface area contributed by atoms with Crippen molar-refractivity contribution in [1.29, 1.82) is 0 Å². The molecule has 108 valence electrons. The van der Waals surface area contributed by atoms with E-state index in [0.29, 0.717) is 4.47 Å². The molecule has 0 unspecified atom stereocenters. The lowest BCUT2D eigenvalue weighted by Crippen LogP contribution is -2.14. The zero-order valence-electron chi connectivity index (χ0n) is 10.3. The van der Waals surface area contributed by atoms with E-state index in [4.69, 9.17) is 11.6 Å². The third-order valence-corrected chi connectivity index (χ3v) is 3.50. The van der Waals surface area contributed by atoms with Gasteiger partial charge in [0, 0.05) is 15.6 Å². The van der Waals surface area contributed by atoms with Crippen molar-refractivity contribution in [2.45, 2.75) is 0 Å². The normalized spacial score (nSPS) is 10.2. The van der Waals surface area contributed by atoms with Gasteiger partial charge in [0.05, 0.1) is 10.5 Å². The molecule has 5 nitrogen and oxygen atoms in total. The second-order valence-corrected chi connectivity index (χ2v) is 5.29. The summed E-state index contributed by atoms with van der Waals surface area (Å²) >= 11 is 8.88. The van der Waals surface area contributed by atoms with Gasteiger partial charge in [0.25, 0.3) is 11.6 Å². The zero-order chi connectivity index (χ0) is 15.6. The fraction of sp³-hybridized carbons (Fsp3) is 0. The summed E-state index contributed by atoms with van der Waals surface area (Å²) in [6, 6.07) is 7.35. The van der Waals surface area contributed by atoms with Gasteiger partial charge in [-0.05, 0) is 46.3 Å². The fourth-order valence-corrected chi connectivity index (χ4v) is 2.23. The molecule has 0 aliphatic heterocycles. The summed E-state index contributed by atoms with van der Waals surface area (Å²) in [5.41, 5.74) is -0.349. The van der Waals surface area contributed by atoms with Gasteiger partial charge in [0.15, 0.2) is 0 Å². The van der Waals surface area contributed by atoms with E-state index in [1.165, 1.54) is 30.3 Å². The fourth-order valence-electron chi connectivity index (χ4n) is 1.63. The van der Waals surface area contributed by atoms with Crippen LogP contribution in [0, 0.1) is 15.9 Å². The summed E-state index contributed by atoms with van der Waals surface area (Å²) in [6.07, 6.45) is 0. The molecule has 0 saturated heterocycles. The van der Waals surface area contributed by atoms with E-state index in [1.54, 1.807) is 0 Å². The molecular weight excluding hydrogens is 367 g/mol. The average Bonchev–Trinajstić information content (AvgIpc) is 2.41. The highest BCUT2D eigenvalue weighted by Gasteiger charge is 2.18. The summed E-state index contributed by atoms with van der Waals surface area (Å²) in [6.45, 7) is 0. The van der Waals surface area contributed by atoms with Crippen LogP contribution in [0.3, 0.4) is 0 Å². The summed E-state index contributed by atoms with van der Waals surface area (Å²) in [5, 5.41) is 13.5. The van der Waals surface area contributed by atoms with Crippen LogP contribution in [0.15, 0.2) is 40.9 Å². The van der Waals surface area contributed by atoms with Crippen LogP contribution in [0.25, 0.3) is 0 Å². The topological polar surface area (TPSA) is 72.2 Å². The molecule has 0 aliphatic rings. The highest BCUT2D eigenvalue weighted by atomic mass is 79.9. The molecule has 0 atom stereocenters. The smallest absolute Gasteiger partial charge is 0.292 e. The van der Waals surface area contributed by atoms with Gasteiger partial charge in [-0.25, -0.2) is 4.39 Å². The Morgan fingerprint density at radius 3 is 2.67 bits per heavy atom. The molecular formula is C13H7BrClFN2O3. The Kier molecular flexibility index (Phi) is 4.54. The average molecular weight is 374 g/mol. The number of hydrogen-bond donors (Lipinski definition) is 1. The van der Waals surface area contributed by atoms with Crippen molar-refractivity contribution in [3.05, 3.63) is 67.4 Å². The van der Waals surface area contributed by atoms with Gasteiger partial charge < -0.3 is 5.32 Å². The van der Waals surface area contributed by atoms with E-state index in [-0.39, 0.29) is 22.0 Å². The maximum Gasteiger partial charge on any atom is 0.292 e. The number of benzene rings is 2. The predicted molar refractivity (Wildman–Crippen MR) is 80.2 cm³/mol. The van der Waals surface area contributed by atoms with Crippen molar-refractivity contribution in [3.8, 4) is 0 Å². The highest BCUT2D eigenvalue weighted by molar-refractivity contribution is 9.10. The maximum absolute atomic E-state index is 13.2. The first kappa shape index (κ1) is 15.4. The Morgan fingerprint density at radius 1 is 1.29 bits per heavy atom. The molecule has 8 heteroatoms. The maximum atomic E-state index is 13.2. The lowest BCUT2D eigenvalue weighted by Gasteiger charge is -2.08. The Balaban J connectivity index is 2.38. The van der Waals surface area contributed by atoms with Crippen molar-refractivity contribution >= 4 is 44.8 Å². The monoisotopic (exact) mass is 372 g/mol. The molecule has 0 aromatic heterocycles. The van der Waals surface area contributed by atoms with Crippen molar-refractivity contribution in [2.75, 3.05) is 5.32 Å².